The molecule has 0 radical (unpaired) electrons. The monoisotopic (exact) mass is 919 g/mol. The van der Waals surface area contributed by atoms with Crippen molar-refractivity contribution in [3.63, 3.8) is 0 Å². The lowest BCUT2D eigenvalue weighted by molar-refractivity contribution is -0.133. The van der Waals surface area contributed by atoms with Gasteiger partial charge in [0.15, 0.2) is 5.78 Å². The third-order valence-corrected chi connectivity index (χ3v) is 17.6. The zero-order chi connectivity index (χ0) is 45.4. The molecule has 0 amide bonds. The van der Waals surface area contributed by atoms with Crippen LogP contribution < -0.4 is 9.80 Å². The van der Waals surface area contributed by atoms with Crippen LogP contribution in [-0.4, -0.2) is 159 Å². The first kappa shape index (κ1) is 44.5. The average Bonchev–Trinajstić information content (AvgIpc) is 4.25. The quantitative estimate of drug-likeness (QED) is 0.110. The molecule has 6 aromatic heterocycles. The second kappa shape index (κ2) is 20.0. The first-order chi connectivity index (χ1) is 33.6. The largest absolute Gasteiger partial charge is 0.371 e. The van der Waals surface area contributed by atoms with Crippen molar-refractivity contribution < 1.29 is 4.79 Å². The second-order valence-corrected chi connectivity index (χ2v) is 22.0. The highest BCUT2D eigenvalue weighted by Gasteiger charge is 2.42. The van der Waals surface area contributed by atoms with E-state index in [1.54, 1.807) is 0 Å². The van der Waals surface area contributed by atoms with Crippen LogP contribution in [0.1, 0.15) is 89.9 Å². The molecule has 6 aromatic rings. The fourth-order valence-electron chi connectivity index (χ4n) is 14.1. The van der Waals surface area contributed by atoms with E-state index in [0.717, 1.165) is 124 Å². The van der Waals surface area contributed by atoms with Gasteiger partial charge < -0.3 is 29.6 Å². The summed E-state index contributed by atoms with van der Waals surface area (Å²) < 4.78 is 0. The Morgan fingerprint density at radius 1 is 0.515 bits per heavy atom. The van der Waals surface area contributed by atoms with Crippen molar-refractivity contribution in [2.24, 2.45) is 23.7 Å². The highest BCUT2D eigenvalue weighted by atomic mass is 16.1. The van der Waals surface area contributed by atoms with E-state index < -0.39 is 0 Å². The Morgan fingerprint density at radius 3 is 1.40 bits per heavy atom. The number of H-pyrrole nitrogens is 2. The number of hydrogen-bond acceptors (Lipinski definition) is 11. The van der Waals surface area contributed by atoms with Gasteiger partial charge in [0.05, 0.1) is 35.5 Å². The maximum atomic E-state index is 16.2. The van der Waals surface area contributed by atoms with Crippen LogP contribution in [0.2, 0.25) is 0 Å². The molecular formula is C55H74N12O. The maximum absolute atomic E-state index is 16.2. The van der Waals surface area contributed by atoms with Crippen molar-refractivity contribution >= 4 is 61.0 Å². The fourth-order valence-corrected chi connectivity index (χ4v) is 14.1. The van der Waals surface area contributed by atoms with Crippen molar-refractivity contribution in [1.82, 2.24) is 49.5 Å². The zero-order valence-corrected chi connectivity index (χ0v) is 40.4. The Morgan fingerprint density at radius 2 is 0.956 bits per heavy atom. The molecule has 360 valence electrons. The van der Waals surface area contributed by atoms with Crippen LogP contribution in [0.15, 0.2) is 61.4 Å². The third-order valence-electron chi connectivity index (χ3n) is 17.6. The Balaban J connectivity index is 0.805. The summed E-state index contributed by atoms with van der Waals surface area (Å²) >= 11 is 0. The lowest BCUT2D eigenvalue weighted by Gasteiger charge is -2.46. The third kappa shape index (κ3) is 9.25. The Kier molecular flexibility index (Phi) is 13.1. The lowest BCUT2D eigenvalue weighted by Crippen LogP contribution is -2.57. The van der Waals surface area contributed by atoms with Crippen molar-refractivity contribution in [2.75, 3.05) is 101 Å². The summed E-state index contributed by atoms with van der Waals surface area (Å²) in [6.07, 6.45) is 28.5. The predicted molar refractivity (Wildman–Crippen MR) is 274 cm³/mol. The summed E-state index contributed by atoms with van der Waals surface area (Å²) in [5.41, 5.74) is 6.27. The van der Waals surface area contributed by atoms with Gasteiger partial charge in [0, 0.05) is 110 Å². The van der Waals surface area contributed by atoms with Gasteiger partial charge in [-0.1, -0.05) is 0 Å². The number of likely N-dealkylation sites (tertiary alicyclic amines) is 4. The number of ketones is 1. The standard InChI is InChI=1S/C55H74N12O/c68-53(49(66-25-5-7-41(37-66)35-62-21-1-2-22-62)31-39-13-27-64(28-14-39)47-11-19-56-45-33-60-54-43(51(45)47)9-17-58-54)50(67-26-6-8-42(38-67)36-63-23-3-4-24-63)32-40-15-29-65(30-16-40)48-12-20-57-46-34-61-55-44(52(46)48)10-18-59-55/h9-12,17-20,33-34,39-42,49-50H,1-8,13-16,21-32,35-38H2,(H,58,60)(H,59,61). The van der Waals surface area contributed by atoms with Gasteiger partial charge in [-0.25, -0.2) is 9.97 Å². The zero-order valence-electron chi connectivity index (χ0n) is 40.4. The molecule has 4 atom stereocenters. The highest BCUT2D eigenvalue weighted by molar-refractivity contribution is 6.11. The van der Waals surface area contributed by atoms with Crippen LogP contribution in [0.3, 0.4) is 0 Å². The molecule has 6 aliphatic rings. The molecule has 0 bridgehead atoms. The summed E-state index contributed by atoms with van der Waals surface area (Å²) in [5, 5.41) is 4.69. The molecule has 12 heterocycles. The molecule has 4 unspecified atom stereocenters. The number of rotatable bonds is 14. The average molecular weight is 919 g/mol. The predicted octanol–water partition coefficient (Wildman–Crippen LogP) is 8.37. The molecule has 0 aliphatic carbocycles. The summed E-state index contributed by atoms with van der Waals surface area (Å²) in [4.78, 5) is 57.7. The van der Waals surface area contributed by atoms with Gasteiger partial charge in [-0.05, 0) is 177 Å². The summed E-state index contributed by atoms with van der Waals surface area (Å²) in [7, 11) is 0. The molecule has 6 saturated heterocycles. The van der Waals surface area contributed by atoms with E-state index >= 15 is 4.79 Å². The van der Waals surface area contributed by atoms with Gasteiger partial charge in [-0.3, -0.25) is 24.6 Å². The first-order valence-corrected chi connectivity index (χ1v) is 27.0. The minimum atomic E-state index is -0.0233. The van der Waals surface area contributed by atoms with E-state index in [4.69, 9.17) is 9.97 Å². The van der Waals surface area contributed by atoms with Gasteiger partial charge in [-0.2, -0.15) is 0 Å². The number of pyridine rings is 4. The highest BCUT2D eigenvalue weighted by Crippen LogP contribution is 2.39. The maximum Gasteiger partial charge on any atom is 0.167 e. The number of carbonyl (C=O) groups is 1. The van der Waals surface area contributed by atoms with Gasteiger partial charge in [0.25, 0.3) is 0 Å². The van der Waals surface area contributed by atoms with E-state index in [9.17, 15) is 0 Å². The van der Waals surface area contributed by atoms with Crippen LogP contribution in [0.25, 0.3) is 43.9 Å². The first-order valence-electron chi connectivity index (χ1n) is 27.0. The molecular weight excluding hydrogens is 845 g/mol. The number of anilines is 2. The number of aromatic nitrogens is 6. The number of nitrogens with zero attached hydrogens (tertiary/aromatic N) is 10. The van der Waals surface area contributed by atoms with Crippen molar-refractivity contribution in [2.45, 2.75) is 102 Å². The lowest BCUT2D eigenvalue weighted by atomic mass is 9.81. The number of piperidine rings is 4. The Labute approximate surface area is 402 Å². The van der Waals surface area contributed by atoms with Gasteiger partial charge >= 0.3 is 0 Å². The number of carbonyl (C=O) groups excluding carboxylic acids is 1. The van der Waals surface area contributed by atoms with E-state index in [2.05, 4.69) is 73.6 Å². The van der Waals surface area contributed by atoms with Crippen LogP contribution in [0, 0.1) is 23.7 Å². The van der Waals surface area contributed by atoms with E-state index in [1.807, 2.05) is 37.2 Å². The van der Waals surface area contributed by atoms with Gasteiger partial charge in [-0.15, -0.1) is 0 Å². The van der Waals surface area contributed by atoms with Crippen LogP contribution >= 0.6 is 0 Å². The topological polar surface area (TPSA) is 120 Å². The normalized spacial score (nSPS) is 24.6. The molecule has 13 heteroatoms. The molecule has 0 spiro atoms. The van der Waals surface area contributed by atoms with Crippen LogP contribution in [0.4, 0.5) is 11.4 Å². The van der Waals surface area contributed by atoms with Crippen molar-refractivity contribution in [1.29, 1.82) is 0 Å². The molecule has 2 N–H and O–H groups in total. The molecule has 13 nitrogen and oxygen atoms in total. The number of fused-ring (bicyclic) bond motifs is 6. The minimum Gasteiger partial charge on any atom is -0.371 e. The minimum absolute atomic E-state index is 0.0233. The Bertz CT molecular complexity index is 2470. The van der Waals surface area contributed by atoms with Crippen molar-refractivity contribution in [3.8, 4) is 0 Å². The second-order valence-electron chi connectivity index (χ2n) is 22.0. The smallest absolute Gasteiger partial charge is 0.167 e. The molecule has 6 aliphatic heterocycles. The molecule has 0 aromatic carbocycles. The van der Waals surface area contributed by atoms with Gasteiger partial charge in [0.2, 0.25) is 0 Å². The van der Waals surface area contributed by atoms with E-state index in [-0.39, 0.29) is 12.1 Å². The molecule has 6 fully saturated rings. The summed E-state index contributed by atoms with van der Waals surface area (Å²) in [5.74, 6) is 2.89. The number of nitrogens with one attached hydrogen (secondary N) is 2. The summed E-state index contributed by atoms with van der Waals surface area (Å²) in [6, 6.07) is 8.66. The van der Waals surface area contributed by atoms with Crippen molar-refractivity contribution in [3.05, 3.63) is 61.4 Å². The van der Waals surface area contributed by atoms with E-state index in [0.29, 0.717) is 29.5 Å². The van der Waals surface area contributed by atoms with Crippen LogP contribution in [0.5, 0.6) is 0 Å². The molecule has 12 rings (SSSR count). The fraction of sp³-hybridized carbons (Fsp3) is 0.618. The number of hydrogen-bond donors (Lipinski definition) is 2. The van der Waals surface area contributed by atoms with Gasteiger partial charge in [0.1, 0.15) is 11.3 Å². The summed E-state index contributed by atoms with van der Waals surface area (Å²) in [6.45, 7) is 15.6. The number of Topliss-reactive ketones (excluding diaryl/α,β-unsaturated/α-hetero) is 1. The Hall–Kier alpha value is -4.69. The molecule has 0 saturated carbocycles. The number of aromatic amines is 2. The van der Waals surface area contributed by atoms with Crippen LogP contribution in [-0.2, 0) is 4.79 Å². The van der Waals surface area contributed by atoms with E-state index in [1.165, 1.54) is 113 Å². The molecule has 68 heavy (non-hydrogen) atoms. The SMILES string of the molecule is O=C(C(CC1CCN(c2ccnc3cnc4[nH]ccc4c23)CC1)N1CCCC(CN2CCCC2)C1)C(CC1CCN(c2ccnc3cnc4[nH]ccc4c23)CC1)N1CCCC(CN2CCCC2)C1.